The molecule has 0 aromatic carbocycles. The molecular formula is C12H18N4O2. The van der Waals surface area contributed by atoms with E-state index in [1.165, 1.54) is 0 Å². The Bertz CT molecular complexity index is 449. The SMILES string of the molecule is CC1CCN(c2cccnc2/C(N)=N/O)C1CO. The second kappa shape index (κ2) is 5.22. The summed E-state index contributed by atoms with van der Waals surface area (Å²) in [6.07, 6.45) is 2.61. The highest BCUT2D eigenvalue weighted by Crippen LogP contribution is 2.30. The molecule has 1 aromatic rings. The van der Waals surface area contributed by atoms with Gasteiger partial charge < -0.3 is 20.9 Å². The summed E-state index contributed by atoms with van der Waals surface area (Å²) < 4.78 is 0. The topological polar surface area (TPSA) is 95.0 Å². The second-order valence-electron chi connectivity index (χ2n) is 4.57. The highest BCUT2D eigenvalue weighted by atomic mass is 16.4. The number of nitrogens with two attached hydrogens (primary N) is 1. The maximum atomic E-state index is 9.48. The highest BCUT2D eigenvalue weighted by molar-refractivity contribution is 6.00. The number of rotatable bonds is 3. The number of nitrogens with zero attached hydrogens (tertiary/aromatic N) is 3. The molecule has 0 saturated carbocycles. The zero-order valence-electron chi connectivity index (χ0n) is 10.3. The molecule has 1 aromatic heterocycles. The van der Waals surface area contributed by atoms with Crippen LogP contribution in [0, 0.1) is 5.92 Å². The van der Waals surface area contributed by atoms with Crippen LogP contribution in [-0.2, 0) is 0 Å². The lowest BCUT2D eigenvalue weighted by Crippen LogP contribution is -2.36. The Balaban J connectivity index is 2.39. The molecule has 2 rings (SSSR count). The Hall–Kier alpha value is -1.82. The van der Waals surface area contributed by atoms with E-state index in [1.54, 1.807) is 12.3 Å². The molecule has 0 amide bonds. The molecule has 2 unspecified atom stereocenters. The molecule has 1 aliphatic rings. The molecule has 98 valence electrons. The largest absolute Gasteiger partial charge is 0.409 e. The van der Waals surface area contributed by atoms with Crippen molar-refractivity contribution in [1.82, 2.24) is 4.98 Å². The van der Waals surface area contributed by atoms with Gasteiger partial charge in [-0.3, -0.25) is 4.98 Å². The van der Waals surface area contributed by atoms with Crippen LogP contribution in [-0.4, -0.2) is 40.3 Å². The summed E-state index contributed by atoms with van der Waals surface area (Å²) in [4.78, 5) is 6.22. The summed E-state index contributed by atoms with van der Waals surface area (Å²) in [5.41, 5.74) is 6.89. The van der Waals surface area contributed by atoms with Crippen molar-refractivity contribution in [3.63, 3.8) is 0 Å². The van der Waals surface area contributed by atoms with E-state index in [4.69, 9.17) is 10.9 Å². The van der Waals surface area contributed by atoms with E-state index in [-0.39, 0.29) is 18.5 Å². The molecule has 0 bridgehead atoms. The van der Waals surface area contributed by atoms with Crippen molar-refractivity contribution < 1.29 is 10.3 Å². The average molecular weight is 250 g/mol. The molecular weight excluding hydrogens is 232 g/mol. The lowest BCUT2D eigenvalue weighted by atomic mass is 10.0. The first kappa shape index (κ1) is 12.6. The molecule has 1 aliphatic heterocycles. The first-order valence-corrected chi connectivity index (χ1v) is 5.99. The van der Waals surface area contributed by atoms with Crippen LogP contribution in [0.2, 0.25) is 0 Å². The number of anilines is 1. The first-order chi connectivity index (χ1) is 8.69. The van der Waals surface area contributed by atoms with Gasteiger partial charge in [-0.25, -0.2) is 0 Å². The Morgan fingerprint density at radius 3 is 3.11 bits per heavy atom. The van der Waals surface area contributed by atoms with Gasteiger partial charge in [-0.2, -0.15) is 0 Å². The van der Waals surface area contributed by atoms with E-state index in [0.717, 1.165) is 18.7 Å². The Labute approximate surface area is 106 Å². The van der Waals surface area contributed by atoms with Gasteiger partial charge in [0.2, 0.25) is 0 Å². The molecule has 1 fully saturated rings. The zero-order valence-corrected chi connectivity index (χ0v) is 10.3. The van der Waals surface area contributed by atoms with Gasteiger partial charge in [0, 0.05) is 12.7 Å². The van der Waals surface area contributed by atoms with E-state index in [9.17, 15) is 5.11 Å². The van der Waals surface area contributed by atoms with Crippen LogP contribution >= 0.6 is 0 Å². The van der Waals surface area contributed by atoms with Gasteiger partial charge in [-0.05, 0) is 24.5 Å². The smallest absolute Gasteiger partial charge is 0.190 e. The Morgan fingerprint density at radius 1 is 1.67 bits per heavy atom. The van der Waals surface area contributed by atoms with Crippen molar-refractivity contribution >= 4 is 11.5 Å². The monoisotopic (exact) mass is 250 g/mol. The van der Waals surface area contributed by atoms with Gasteiger partial charge in [-0.1, -0.05) is 12.1 Å². The van der Waals surface area contributed by atoms with Crippen LogP contribution < -0.4 is 10.6 Å². The molecule has 0 radical (unpaired) electrons. The fourth-order valence-electron chi connectivity index (χ4n) is 2.46. The van der Waals surface area contributed by atoms with Crippen molar-refractivity contribution in [2.75, 3.05) is 18.1 Å². The Morgan fingerprint density at radius 2 is 2.44 bits per heavy atom. The van der Waals surface area contributed by atoms with Crippen LogP contribution in [0.4, 0.5) is 5.69 Å². The fourth-order valence-corrected chi connectivity index (χ4v) is 2.46. The fraction of sp³-hybridized carbons (Fsp3) is 0.500. The van der Waals surface area contributed by atoms with Crippen LogP contribution in [0.1, 0.15) is 19.0 Å². The van der Waals surface area contributed by atoms with Gasteiger partial charge in [0.25, 0.3) is 0 Å². The van der Waals surface area contributed by atoms with Gasteiger partial charge in [0.1, 0.15) is 5.69 Å². The number of pyridine rings is 1. The van der Waals surface area contributed by atoms with E-state index >= 15 is 0 Å². The predicted molar refractivity (Wildman–Crippen MR) is 68.7 cm³/mol. The molecule has 18 heavy (non-hydrogen) atoms. The third kappa shape index (κ3) is 2.11. The van der Waals surface area contributed by atoms with Crippen molar-refractivity contribution in [2.45, 2.75) is 19.4 Å². The summed E-state index contributed by atoms with van der Waals surface area (Å²) in [7, 11) is 0. The van der Waals surface area contributed by atoms with E-state index < -0.39 is 0 Å². The molecule has 2 atom stereocenters. The van der Waals surface area contributed by atoms with Crippen LogP contribution in [0.3, 0.4) is 0 Å². The summed E-state index contributed by atoms with van der Waals surface area (Å²) in [6.45, 7) is 3.04. The summed E-state index contributed by atoms with van der Waals surface area (Å²) in [6, 6.07) is 3.74. The Kier molecular flexibility index (Phi) is 3.66. The third-order valence-electron chi connectivity index (χ3n) is 3.52. The van der Waals surface area contributed by atoms with Gasteiger partial charge in [0.05, 0.1) is 18.3 Å². The van der Waals surface area contributed by atoms with Crippen LogP contribution in [0.25, 0.3) is 0 Å². The van der Waals surface area contributed by atoms with Gasteiger partial charge in [0.15, 0.2) is 5.84 Å². The number of aliphatic hydroxyl groups excluding tert-OH is 1. The molecule has 6 heteroatoms. The van der Waals surface area contributed by atoms with Crippen LogP contribution in [0.5, 0.6) is 0 Å². The molecule has 0 aliphatic carbocycles. The average Bonchev–Trinajstić information content (AvgIpc) is 2.78. The summed E-state index contributed by atoms with van der Waals surface area (Å²) in [5, 5.41) is 21.3. The van der Waals surface area contributed by atoms with Crippen molar-refractivity contribution in [2.24, 2.45) is 16.8 Å². The number of hydrogen-bond acceptors (Lipinski definition) is 5. The summed E-state index contributed by atoms with van der Waals surface area (Å²) in [5.74, 6) is 0.400. The number of hydrogen-bond donors (Lipinski definition) is 3. The molecule has 1 saturated heterocycles. The normalized spacial score (nSPS) is 24.6. The zero-order chi connectivity index (χ0) is 13.1. The third-order valence-corrected chi connectivity index (χ3v) is 3.52. The van der Waals surface area contributed by atoms with Crippen molar-refractivity contribution in [1.29, 1.82) is 0 Å². The number of aliphatic hydroxyl groups is 1. The molecule has 6 nitrogen and oxygen atoms in total. The highest BCUT2D eigenvalue weighted by Gasteiger charge is 2.32. The minimum absolute atomic E-state index is 0.0122. The second-order valence-corrected chi connectivity index (χ2v) is 4.57. The minimum atomic E-state index is -0.0122. The van der Waals surface area contributed by atoms with Gasteiger partial charge >= 0.3 is 0 Å². The maximum absolute atomic E-state index is 9.48. The predicted octanol–water partition coefficient (Wildman–Crippen LogP) is 0.383. The maximum Gasteiger partial charge on any atom is 0.190 e. The standard InChI is InChI=1S/C12H18N4O2/c1-8-4-6-16(10(8)7-17)9-3-2-5-14-11(9)12(13)15-18/h2-3,5,8,10,17-18H,4,6-7H2,1H3,(H2,13,15). The lowest BCUT2D eigenvalue weighted by molar-refractivity contribution is 0.244. The molecule has 2 heterocycles. The van der Waals surface area contributed by atoms with Gasteiger partial charge in [-0.15, -0.1) is 0 Å². The molecule has 4 N–H and O–H groups in total. The van der Waals surface area contributed by atoms with E-state index in [0.29, 0.717) is 11.6 Å². The van der Waals surface area contributed by atoms with E-state index in [2.05, 4.69) is 22.0 Å². The summed E-state index contributed by atoms with van der Waals surface area (Å²) >= 11 is 0. The number of aromatic nitrogens is 1. The number of oxime groups is 1. The number of amidine groups is 1. The quantitative estimate of drug-likeness (QED) is 0.312. The van der Waals surface area contributed by atoms with Crippen molar-refractivity contribution in [3.05, 3.63) is 24.0 Å². The minimum Gasteiger partial charge on any atom is -0.409 e. The van der Waals surface area contributed by atoms with Crippen LogP contribution in [0.15, 0.2) is 23.5 Å². The first-order valence-electron chi connectivity index (χ1n) is 5.99. The van der Waals surface area contributed by atoms with Crippen molar-refractivity contribution in [3.8, 4) is 0 Å². The molecule has 0 spiro atoms. The van der Waals surface area contributed by atoms with E-state index in [1.807, 2.05) is 6.07 Å². The lowest BCUT2D eigenvalue weighted by Gasteiger charge is -2.28.